The minimum atomic E-state index is -1.22. The number of carbonyl (C=O) groups is 2. The number of anilines is 2. The number of para-hydroxylation sites is 1. The van der Waals surface area contributed by atoms with Crippen LogP contribution in [0.25, 0.3) is 11.4 Å². The van der Waals surface area contributed by atoms with Crippen molar-refractivity contribution in [1.82, 2.24) is 9.97 Å². The third-order valence-corrected chi connectivity index (χ3v) is 3.90. The van der Waals surface area contributed by atoms with E-state index >= 15 is 0 Å². The summed E-state index contributed by atoms with van der Waals surface area (Å²) in [6.45, 7) is 1.44. The molecule has 0 aliphatic heterocycles. The minimum Gasteiger partial charge on any atom is -0.345 e. The monoisotopic (exact) mass is 361 g/mol. The van der Waals surface area contributed by atoms with Gasteiger partial charge in [0.2, 0.25) is 11.8 Å². The number of rotatable bonds is 6. The molecule has 3 aromatic rings. The van der Waals surface area contributed by atoms with E-state index in [0.29, 0.717) is 17.2 Å². The molecule has 0 aliphatic rings. The fourth-order valence-electron chi connectivity index (χ4n) is 2.63. The molecule has 2 aromatic carbocycles. The Morgan fingerprint density at radius 1 is 1.00 bits per heavy atom. The zero-order valence-electron chi connectivity index (χ0n) is 14.7. The van der Waals surface area contributed by atoms with Gasteiger partial charge in [0, 0.05) is 35.0 Å². The number of hydrogen-bond acceptors (Lipinski definition) is 4. The highest BCUT2D eigenvalue weighted by Crippen LogP contribution is 2.20. The highest BCUT2D eigenvalue weighted by atomic mass is 16.2. The first-order valence-electron chi connectivity index (χ1n) is 8.36. The van der Waals surface area contributed by atoms with Gasteiger partial charge in [-0.15, -0.1) is 0 Å². The van der Waals surface area contributed by atoms with E-state index in [1.807, 2.05) is 12.1 Å². The summed E-state index contributed by atoms with van der Waals surface area (Å²) in [5, 5.41) is 13.2. The van der Waals surface area contributed by atoms with E-state index in [2.05, 4.69) is 20.6 Å². The zero-order chi connectivity index (χ0) is 19.2. The molecule has 0 spiro atoms. The van der Waals surface area contributed by atoms with Crippen LogP contribution in [0.5, 0.6) is 0 Å². The Morgan fingerprint density at radius 3 is 2.30 bits per heavy atom. The lowest BCUT2D eigenvalue weighted by atomic mass is 10.0. The van der Waals surface area contributed by atoms with E-state index in [9.17, 15) is 9.59 Å². The molecule has 0 saturated carbocycles. The SMILES string of the molecule is CC(=N)C(C(=O)Nc1ccccc1)C(=O)Nc1cccc(-c2ncc[nH]2)c1. The molecule has 27 heavy (non-hydrogen) atoms. The van der Waals surface area contributed by atoms with Crippen LogP contribution in [0.3, 0.4) is 0 Å². The summed E-state index contributed by atoms with van der Waals surface area (Å²) in [5.74, 6) is -1.66. The van der Waals surface area contributed by atoms with Crippen molar-refractivity contribution in [2.75, 3.05) is 10.6 Å². The van der Waals surface area contributed by atoms with Gasteiger partial charge in [-0.2, -0.15) is 0 Å². The quantitative estimate of drug-likeness (QED) is 0.399. The van der Waals surface area contributed by atoms with Gasteiger partial charge in [0.15, 0.2) is 5.92 Å². The van der Waals surface area contributed by atoms with Crippen LogP contribution >= 0.6 is 0 Å². The zero-order valence-corrected chi connectivity index (χ0v) is 14.7. The summed E-state index contributed by atoms with van der Waals surface area (Å²) in [6, 6.07) is 15.9. The summed E-state index contributed by atoms with van der Waals surface area (Å²) in [4.78, 5) is 32.3. The number of aromatic nitrogens is 2. The number of hydrogen-bond donors (Lipinski definition) is 4. The first-order chi connectivity index (χ1) is 13.0. The fourth-order valence-corrected chi connectivity index (χ4v) is 2.63. The number of aromatic amines is 1. The number of benzene rings is 2. The summed E-state index contributed by atoms with van der Waals surface area (Å²) < 4.78 is 0. The molecule has 7 heteroatoms. The normalized spacial score (nSPS) is 11.4. The summed E-state index contributed by atoms with van der Waals surface area (Å²) >= 11 is 0. The van der Waals surface area contributed by atoms with Crippen molar-refractivity contribution in [3.63, 3.8) is 0 Å². The maximum Gasteiger partial charge on any atom is 0.242 e. The molecule has 2 amide bonds. The summed E-state index contributed by atoms with van der Waals surface area (Å²) in [5.41, 5.74) is 1.85. The largest absolute Gasteiger partial charge is 0.345 e. The van der Waals surface area contributed by atoms with Crippen molar-refractivity contribution in [2.24, 2.45) is 5.92 Å². The standard InChI is InChI=1S/C20H19N5O2/c1-13(21)17(19(26)24-15-7-3-2-4-8-15)20(27)25-16-9-5-6-14(12-16)18-22-10-11-23-18/h2-12,17,21H,1H3,(H,22,23)(H,24,26)(H,25,27). The predicted octanol–water partition coefficient (Wildman–Crippen LogP) is 3.31. The smallest absolute Gasteiger partial charge is 0.242 e. The molecule has 136 valence electrons. The van der Waals surface area contributed by atoms with E-state index in [4.69, 9.17) is 5.41 Å². The van der Waals surface area contributed by atoms with E-state index in [-0.39, 0.29) is 5.71 Å². The van der Waals surface area contributed by atoms with Gasteiger partial charge in [0.25, 0.3) is 0 Å². The summed E-state index contributed by atoms with van der Waals surface area (Å²) in [7, 11) is 0. The van der Waals surface area contributed by atoms with Crippen molar-refractivity contribution in [3.05, 3.63) is 67.0 Å². The van der Waals surface area contributed by atoms with Crippen LogP contribution in [0.1, 0.15) is 6.92 Å². The molecule has 0 fully saturated rings. The molecule has 1 aromatic heterocycles. The molecular weight excluding hydrogens is 342 g/mol. The number of carbonyl (C=O) groups excluding carboxylic acids is 2. The highest BCUT2D eigenvalue weighted by Gasteiger charge is 2.29. The van der Waals surface area contributed by atoms with E-state index in [0.717, 1.165) is 5.56 Å². The Bertz CT molecular complexity index is 952. The van der Waals surface area contributed by atoms with Crippen LogP contribution < -0.4 is 10.6 Å². The molecule has 7 nitrogen and oxygen atoms in total. The maximum absolute atomic E-state index is 12.6. The van der Waals surface area contributed by atoms with Gasteiger partial charge in [0.05, 0.1) is 0 Å². The first-order valence-corrected chi connectivity index (χ1v) is 8.36. The third kappa shape index (κ3) is 4.46. The molecule has 0 saturated heterocycles. The highest BCUT2D eigenvalue weighted by molar-refractivity contribution is 6.24. The van der Waals surface area contributed by atoms with Gasteiger partial charge >= 0.3 is 0 Å². The van der Waals surface area contributed by atoms with Crippen molar-refractivity contribution in [2.45, 2.75) is 6.92 Å². The number of H-pyrrole nitrogens is 1. The van der Waals surface area contributed by atoms with Crippen LogP contribution in [0.4, 0.5) is 11.4 Å². The molecule has 0 aliphatic carbocycles. The molecule has 4 N–H and O–H groups in total. The topological polar surface area (TPSA) is 111 Å². The van der Waals surface area contributed by atoms with Crippen molar-refractivity contribution in [1.29, 1.82) is 5.41 Å². The van der Waals surface area contributed by atoms with Gasteiger partial charge in [-0.25, -0.2) is 4.98 Å². The Hall–Kier alpha value is -3.74. The van der Waals surface area contributed by atoms with E-state index < -0.39 is 17.7 Å². The lowest BCUT2D eigenvalue weighted by Crippen LogP contribution is -2.38. The molecular formula is C20H19N5O2. The Kier molecular flexibility index (Phi) is 5.41. The third-order valence-electron chi connectivity index (χ3n) is 3.90. The number of nitrogens with one attached hydrogen (secondary N) is 4. The number of nitrogens with zero attached hydrogens (tertiary/aromatic N) is 1. The van der Waals surface area contributed by atoms with Gasteiger partial charge in [0.1, 0.15) is 5.82 Å². The average molecular weight is 361 g/mol. The van der Waals surface area contributed by atoms with E-state index in [1.54, 1.807) is 54.9 Å². The molecule has 0 bridgehead atoms. The second-order valence-electron chi connectivity index (χ2n) is 5.98. The summed E-state index contributed by atoms with van der Waals surface area (Å²) in [6.07, 6.45) is 3.35. The Labute approximate surface area is 156 Å². The average Bonchev–Trinajstić information content (AvgIpc) is 3.17. The molecule has 1 unspecified atom stereocenters. The predicted molar refractivity (Wildman–Crippen MR) is 105 cm³/mol. The van der Waals surface area contributed by atoms with Gasteiger partial charge in [-0.05, 0) is 31.2 Å². The second-order valence-corrected chi connectivity index (χ2v) is 5.98. The molecule has 1 heterocycles. The number of imidazole rings is 1. The van der Waals surface area contributed by atoms with Gasteiger partial charge in [-0.3, -0.25) is 9.59 Å². The molecule has 3 rings (SSSR count). The first kappa shape index (κ1) is 18.1. The maximum atomic E-state index is 12.6. The van der Waals surface area contributed by atoms with Gasteiger partial charge in [-0.1, -0.05) is 30.3 Å². The van der Waals surface area contributed by atoms with Crippen molar-refractivity contribution in [3.8, 4) is 11.4 Å². The van der Waals surface area contributed by atoms with Crippen LogP contribution in [0, 0.1) is 11.3 Å². The Balaban J connectivity index is 1.75. The fraction of sp³-hybridized carbons (Fsp3) is 0.100. The van der Waals surface area contributed by atoms with Crippen LogP contribution in [0.2, 0.25) is 0 Å². The van der Waals surface area contributed by atoms with Crippen LogP contribution in [-0.4, -0.2) is 27.5 Å². The van der Waals surface area contributed by atoms with Crippen molar-refractivity contribution >= 4 is 28.9 Å². The molecule has 1 atom stereocenters. The lowest BCUT2D eigenvalue weighted by Gasteiger charge is -2.16. The number of amides is 2. The van der Waals surface area contributed by atoms with Crippen LogP contribution in [0.15, 0.2) is 67.0 Å². The molecule has 0 radical (unpaired) electrons. The van der Waals surface area contributed by atoms with E-state index in [1.165, 1.54) is 6.92 Å². The van der Waals surface area contributed by atoms with Gasteiger partial charge < -0.3 is 21.0 Å². The van der Waals surface area contributed by atoms with Crippen molar-refractivity contribution < 1.29 is 9.59 Å². The lowest BCUT2D eigenvalue weighted by molar-refractivity contribution is -0.126. The van der Waals surface area contributed by atoms with Crippen LogP contribution in [-0.2, 0) is 9.59 Å². The second kappa shape index (κ2) is 8.09. The minimum absolute atomic E-state index is 0.0388. The Morgan fingerprint density at radius 2 is 1.67 bits per heavy atom.